The van der Waals surface area contributed by atoms with Crippen LogP contribution >= 0.6 is 0 Å². The smallest absolute Gasteiger partial charge is 0.255 e. The second-order valence-corrected chi connectivity index (χ2v) is 18.9. The molecule has 4 aliphatic rings. The van der Waals surface area contributed by atoms with Gasteiger partial charge in [-0.25, -0.2) is 4.39 Å². The molecular weight excluding hydrogens is 792 g/mol. The van der Waals surface area contributed by atoms with Crippen LogP contribution in [0.4, 0.5) is 10.1 Å². The van der Waals surface area contributed by atoms with Crippen molar-refractivity contribution in [3.63, 3.8) is 0 Å². The summed E-state index contributed by atoms with van der Waals surface area (Å²) in [5.74, 6) is -1.51. The van der Waals surface area contributed by atoms with Gasteiger partial charge >= 0.3 is 0 Å². The monoisotopic (exact) mass is 850 g/mol. The molecule has 0 spiro atoms. The Hall–Kier alpha value is -5.52. The van der Waals surface area contributed by atoms with Crippen molar-refractivity contribution in [3.05, 3.63) is 88.2 Å². The molecule has 0 aromatic heterocycles. The van der Waals surface area contributed by atoms with E-state index in [0.717, 1.165) is 48.5 Å². The van der Waals surface area contributed by atoms with E-state index in [-0.39, 0.29) is 71.6 Å². The number of carbonyl (C=O) groups excluding carboxylic acids is 4. The Morgan fingerprint density at radius 1 is 0.968 bits per heavy atom. The highest BCUT2D eigenvalue weighted by molar-refractivity contribution is 6.04. The van der Waals surface area contributed by atoms with Crippen LogP contribution in [0.25, 0.3) is 0 Å². The predicted octanol–water partition coefficient (Wildman–Crippen LogP) is 5.99. The Morgan fingerprint density at radius 3 is 2.27 bits per heavy atom. The number of piperidine rings is 1. The number of nitrogens with zero attached hydrogens (tertiary/aromatic N) is 3. The Labute approximate surface area is 363 Å². The Morgan fingerprint density at radius 2 is 1.65 bits per heavy atom. The minimum absolute atomic E-state index is 0.0352. The van der Waals surface area contributed by atoms with Crippen LogP contribution in [0.1, 0.15) is 105 Å². The average Bonchev–Trinajstić information content (AvgIpc) is 3.20. The maximum Gasteiger partial charge on any atom is 0.255 e. The second kappa shape index (κ2) is 17.7. The predicted molar refractivity (Wildman–Crippen MR) is 232 cm³/mol. The van der Waals surface area contributed by atoms with Gasteiger partial charge in [0.15, 0.2) is 0 Å². The topological polar surface area (TPSA) is 162 Å². The number of rotatable bonds is 13. The molecule has 3 aromatic rings. The molecule has 2 aliphatic carbocycles. The van der Waals surface area contributed by atoms with Gasteiger partial charge in [-0.3, -0.25) is 29.4 Å². The molecule has 4 amide bonds. The largest absolute Gasteiger partial charge is 0.490 e. The number of hydrogen-bond acceptors (Lipinski definition) is 10. The number of nitrogens with one attached hydrogen (secondary N) is 3. The van der Waals surface area contributed by atoms with Gasteiger partial charge < -0.3 is 29.7 Å². The third-order valence-corrected chi connectivity index (χ3v) is 13.3. The summed E-state index contributed by atoms with van der Waals surface area (Å²) in [6, 6.07) is 17.4. The molecule has 62 heavy (non-hydrogen) atoms. The van der Waals surface area contributed by atoms with Crippen LogP contribution in [0.2, 0.25) is 0 Å². The van der Waals surface area contributed by atoms with E-state index >= 15 is 0 Å². The summed E-state index contributed by atoms with van der Waals surface area (Å²) in [6.07, 6.45) is 1.46. The van der Waals surface area contributed by atoms with Gasteiger partial charge in [0, 0.05) is 79.1 Å². The fourth-order valence-electron chi connectivity index (χ4n) is 10.1. The highest BCUT2D eigenvalue weighted by atomic mass is 19.1. The molecule has 2 heterocycles. The quantitative estimate of drug-likeness (QED) is 0.174. The molecular formula is C48H59FN6O7. The first-order chi connectivity index (χ1) is 29.3. The average molecular weight is 851 g/mol. The van der Waals surface area contributed by atoms with Gasteiger partial charge in [-0.1, -0.05) is 27.7 Å². The Bertz CT molecular complexity index is 2210. The van der Waals surface area contributed by atoms with Crippen molar-refractivity contribution in [2.24, 2.45) is 10.8 Å². The van der Waals surface area contributed by atoms with Crippen molar-refractivity contribution in [2.45, 2.75) is 124 Å². The molecule has 4 fully saturated rings. The third-order valence-electron chi connectivity index (χ3n) is 13.3. The lowest BCUT2D eigenvalue weighted by Gasteiger charge is -2.63. The lowest BCUT2D eigenvalue weighted by atomic mass is 9.49. The molecule has 2 saturated carbocycles. The molecule has 13 nitrogen and oxygen atoms in total. The number of halogens is 1. The molecule has 0 bridgehead atoms. The molecule has 2 saturated heterocycles. The molecule has 1 unspecified atom stereocenters. The van der Waals surface area contributed by atoms with E-state index < -0.39 is 29.6 Å². The van der Waals surface area contributed by atoms with Crippen LogP contribution in [0.15, 0.2) is 54.6 Å². The van der Waals surface area contributed by atoms with Crippen LogP contribution < -0.4 is 30.3 Å². The minimum Gasteiger partial charge on any atom is -0.490 e. The summed E-state index contributed by atoms with van der Waals surface area (Å²) in [4.78, 5) is 54.9. The van der Waals surface area contributed by atoms with Crippen LogP contribution in [0, 0.1) is 41.8 Å². The number of morpholine rings is 1. The summed E-state index contributed by atoms with van der Waals surface area (Å²) in [5, 5.41) is 17.5. The first-order valence-corrected chi connectivity index (χ1v) is 21.7. The molecule has 0 radical (unpaired) electrons. The van der Waals surface area contributed by atoms with Crippen molar-refractivity contribution < 1.29 is 37.8 Å². The van der Waals surface area contributed by atoms with Gasteiger partial charge in [-0.15, -0.1) is 0 Å². The third kappa shape index (κ3) is 9.15. The first kappa shape index (κ1) is 44.5. The first-order valence-electron chi connectivity index (χ1n) is 21.7. The van der Waals surface area contributed by atoms with E-state index in [0.29, 0.717) is 30.0 Å². The van der Waals surface area contributed by atoms with Crippen LogP contribution in [0.3, 0.4) is 0 Å². The summed E-state index contributed by atoms with van der Waals surface area (Å²) in [6.45, 7) is 19.4. The molecule has 2 atom stereocenters. The second-order valence-electron chi connectivity index (χ2n) is 18.9. The van der Waals surface area contributed by atoms with Crippen molar-refractivity contribution in [3.8, 4) is 17.6 Å². The highest BCUT2D eigenvalue weighted by Gasteiger charge is 2.64. The van der Waals surface area contributed by atoms with Gasteiger partial charge in [0.1, 0.15) is 35.6 Å². The van der Waals surface area contributed by atoms with E-state index in [4.69, 9.17) is 14.2 Å². The van der Waals surface area contributed by atoms with Crippen molar-refractivity contribution in [1.82, 2.24) is 20.9 Å². The lowest BCUT2D eigenvalue weighted by Crippen LogP contribution is -2.74. The maximum absolute atomic E-state index is 14.7. The van der Waals surface area contributed by atoms with E-state index in [1.807, 2.05) is 50.2 Å². The van der Waals surface area contributed by atoms with Gasteiger partial charge in [0.25, 0.3) is 11.8 Å². The fraction of sp³-hybridized carbons (Fsp3) is 0.521. The Kier molecular flexibility index (Phi) is 12.7. The van der Waals surface area contributed by atoms with Crippen molar-refractivity contribution in [1.29, 1.82) is 5.26 Å². The summed E-state index contributed by atoms with van der Waals surface area (Å²) < 4.78 is 33.7. The van der Waals surface area contributed by atoms with Gasteiger partial charge in [0.2, 0.25) is 11.8 Å². The summed E-state index contributed by atoms with van der Waals surface area (Å²) in [5.41, 5.74) is 3.14. The molecule has 3 N–H and O–H groups in total. The number of benzene rings is 3. The fourth-order valence-corrected chi connectivity index (χ4v) is 10.1. The molecule has 330 valence electrons. The number of anilines is 1. The summed E-state index contributed by atoms with van der Waals surface area (Å²) >= 11 is 0. The molecule has 2 aliphatic heterocycles. The highest BCUT2D eigenvalue weighted by Crippen LogP contribution is 2.55. The number of aryl methyl sites for hydroxylation is 2. The zero-order chi connectivity index (χ0) is 44.7. The van der Waals surface area contributed by atoms with Crippen molar-refractivity contribution in [2.75, 3.05) is 31.1 Å². The van der Waals surface area contributed by atoms with Crippen LogP contribution in [-0.4, -0.2) is 97.2 Å². The van der Waals surface area contributed by atoms with E-state index in [9.17, 15) is 28.8 Å². The lowest BCUT2D eigenvalue weighted by molar-refractivity contribution is -0.164. The molecule has 14 heteroatoms. The SMILES string of the molecule is Cc1cc(OC2C(C)(C)C(NC(=O)c3ccc(N4CCOC(CN(C(C)C)C5CC(Oc6ccc(F)c(C(=O)N[C@H]7CCC(=O)NC7=O)c6)C5)C4)cc3)C2(C)C)cc(C)c1C#N. The summed E-state index contributed by atoms with van der Waals surface area (Å²) in [7, 11) is 0. The normalized spacial score (nSPS) is 25.2. The number of imide groups is 1. The van der Waals surface area contributed by atoms with Crippen molar-refractivity contribution >= 4 is 29.3 Å². The molecule has 7 rings (SSSR count). The zero-order valence-corrected chi connectivity index (χ0v) is 37.0. The van der Waals surface area contributed by atoms with E-state index in [1.165, 1.54) is 18.2 Å². The van der Waals surface area contributed by atoms with E-state index in [1.54, 1.807) is 0 Å². The van der Waals surface area contributed by atoms with Gasteiger partial charge in [-0.05, 0) is 99.8 Å². The molecule has 3 aromatic carbocycles. The van der Waals surface area contributed by atoms with Crippen LogP contribution in [-0.2, 0) is 14.3 Å². The standard InChI is InChI=1S/C48H59FN6O7/c1-27(2)55(32-21-35(22-32)61-33-13-14-39(49)37(23-33)43(58)51-40-15-16-41(56)52-44(40)59)26-36-25-54(17-18-60-36)31-11-9-30(10-12-31)42(57)53-45-47(5,6)46(48(45,7)8)62-34-19-28(3)38(24-50)29(4)20-34/h9-14,19-20,23,27,32,35-36,40,45-46H,15-18,21-22,25-26H2,1-8H3,(H,51,58)(H,53,57)(H,52,56,59)/t32?,35?,36?,40-,45?,46?/m0/s1. The van der Waals surface area contributed by atoms with Gasteiger partial charge in [-0.2, -0.15) is 5.26 Å². The van der Waals surface area contributed by atoms with E-state index in [2.05, 4.69) is 73.4 Å². The number of ether oxygens (including phenoxy) is 3. The number of carbonyl (C=O) groups is 4. The number of nitriles is 1. The zero-order valence-electron chi connectivity index (χ0n) is 37.0. The van der Waals surface area contributed by atoms with Crippen LogP contribution in [0.5, 0.6) is 11.5 Å². The maximum atomic E-state index is 14.7. The Balaban J connectivity index is 0.899. The number of hydrogen-bond donors (Lipinski definition) is 3. The minimum atomic E-state index is -0.913. The van der Waals surface area contributed by atoms with Gasteiger partial charge in [0.05, 0.1) is 29.9 Å². The number of amides is 4.